The Balaban J connectivity index is 0.00000261. The molecule has 0 amide bonds. The molecule has 1 heterocycles. The average molecular weight is 481 g/mol. The minimum absolute atomic E-state index is 0. The molecule has 5 nitrogen and oxygen atoms in total. The second-order valence-corrected chi connectivity index (χ2v) is 6.56. The third kappa shape index (κ3) is 5.51. The Morgan fingerprint density at radius 1 is 1.26 bits per heavy atom. The fourth-order valence-electron chi connectivity index (χ4n) is 3.47. The van der Waals surface area contributed by atoms with Crippen LogP contribution in [0.3, 0.4) is 0 Å². The molecule has 146 valence electrons. The predicted octanol–water partition coefficient (Wildman–Crippen LogP) is 3.63. The van der Waals surface area contributed by atoms with Gasteiger partial charge in [0.15, 0.2) is 5.96 Å². The number of halogens is 1. The Morgan fingerprint density at radius 3 is 2.70 bits per heavy atom. The van der Waals surface area contributed by atoms with E-state index in [-0.39, 0.29) is 29.7 Å². The molecule has 1 aliphatic rings. The minimum atomic E-state index is 0. The van der Waals surface area contributed by atoms with Gasteiger partial charge in [-0.2, -0.15) is 0 Å². The van der Waals surface area contributed by atoms with Crippen molar-refractivity contribution in [1.82, 2.24) is 10.2 Å². The normalized spacial score (nSPS) is 16.7. The number of phenols is 1. The molecule has 1 saturated heterocycles. The first-order valence-corrected chi connectivity index (χ1v) is 9.07. The van der Waals surface area contributed by atoms with Crippen LogP contribution < -0.4 is 10.1 Å². The standard InChI is InChI=1S/C21H27N3O2.HI/c1-22-21(23-12-10-17-8-9-19(26-2)14-20(17)25)24-13-11-18(15-24)16-6-4-3-5-7-16;/h3-9,14,18,25H,10-13,15H2,1-2H3,(H,22,23);1H. The molecule has 0 bridgehead atoms. The maximum Gasteiger partial charge on any atom is 0.193 e. The molecular weight excluding hydrogens is 453 g/mol. The highest BCUT2D eigenvalue weighted by atomic mass is 127. The molecule has 1 atom stereocenters. The van der Waals surface area contributed by atoms with Gasteiger partial charge in [-0.3, -0.25) is 4.99 Å². The number of methoxy groups -OCH3 is 1. The number of nitrogens with one attached hydrogen (secondary N) is 1. The Morgan fingerprint density at radius 2 is 2.04 bits per heavy atom. The van der Waals surface area contributed by atoms with E-state index in [0.29, 0.717) is 11.7 Å². The lowest BCUT2D eigenvalue weighted by atomic mass is 9.99. The van der Waals surface area contributed by atoms with Crippen molar-refractivity contribution in [2.75, 3.05) is 33.8 Å². The maximum atomic E-state index is 10.1. The number of rotatable bonds is 5. The largest absolute Gasteiger partial charge is 0.508 e. The smallest absolute Gasteiger partial charge is 0.193 e. The predicted molar refractivity (Wildman–Crippen MR) is 121 cm³/mol. The molecule has 0 radical (unpaired) electrons. The lowest BCUT2D eigenvalue weighted by Crippen LogP contribution is -2.40. The quantitative estimate of drug-likeness (QED) is 0.389. The minimum Gasteiger partial charge on any atom is -0.508 e. The maximum absolute atomic E-state index is 10.1. The molecule has 1 aliphatic heterocycles. The number of hydrogen-bond acceptors (Lipinski definition) is 3. The number of nitrogens with zero attached hydrogens (tertiary/aromatic N) is 2. The van der Waals surface area contributed by atoms with Crippen molar-refractivity contribution in [1.29, 1.82) is 0 Å². The Labute approximate surface area is 178 Å². The van der Waals surface area contributed by atoms with E-state index in [1.54, 1.807) is 13.2 Å². The molecule has 27 heavy (non-hydrogen) atoms. The van der Waals surface area contributed by atoms with E-state index in [1.807, 2.05) is 19.2 Å². The van der Waals surface area contributed by atoms with E-state index in [1.165, 1.54) is 5.56 Å². The van der Waals surface area contributed by atoms with Gasteiger partial charge in [0.25, 0.3) is 0 Å². The fraction of sp³-hybridized carbons (Fsp3) is 0.381. The molecule has 0 saturated carbocycles. The highest BCUT2D eigenvalue weighted by Gasteiger charge is 2.25. The second kappa shape index (κ2) is 10.4. The Bertz CT molecular complexity index is 752. The molecule has 2 aromatic rings. The SMILES string of the molecule is CN=C(NCCc1ccc(OC)cc1O)N1CCC(c2ccccc2)C1.I. The van der Waals surface area contributed by atoms with E-state index in [9.17, 15) is 5.11 Å². The Hall–Kier alpha value is -1.96. The summed E-state index contributed by atoms with van der Waals surface area (Å²) in [7, 11) is 3.42. The van der Waals surface area contributed by atoms with Crippen molar-refractivity contribution in [3.8, 4) is 11.5 Å². The van der Waals surface area contributed by atoms with Crippen LogP contribution in [0.25, 0.3) is 0 Å². The van der Waals surface area contributed by atoms with Crippen LogP contribution in [0.4, 0.5) is 0 Å². The highest BCUT2D eigenvalue weighted by molar-refractivity contribution is 14.0. The molecule has 1 fully saturated rings. The summed E-state index contributed by atoms with van der Waals surface area (Å²) < 4.78 is 5.12. The number of likely N-dealkylation sites (tertiary alicyclic amines) is 1. The number of ether oxygens (including phenoxy) is 1. The van der Waals surface area contributed by atoms with Gasteiger partial charge in [-0.1, -0.05) is 36.4 Å². The summed E-state index contributed by atoms with van der Waals surface area (Å²) in [6, 6.07) is 16.1. The lowest BCUT2D eigenvalue weighted by molar-refractivity contribution is 0.406. The van der Waals surface area contributed by atoms with Crippen molar-refractivity contribution in [2.24, 2.45) is 4.99 Å². The number of hydrogen-bond donors (Lipinski definition) is 2. The van der Waals surface area contributed by atoms with E-state index in [0.717, 1.165) is 44.0 Å². The van der Waals surface area contributed by atoms with Gasteiger partial charge in [-0.05, 0) is 30.0 Å². The number of aromatic hydroxyl groups is 1. The molecule has 6 heteroatoms. The Kier molecular flexibility index (Phi) is 8.22. The van der Waals surface area contributed by atoms with Crippen molar-refractivity contribution in [3.05, 3.63) is 59.7 Å². The van der Waals surface area contributed by atoms with Crippen molar-refractivity contribution in [3.63, 3.8) is 0 Å². The lowest BCUT2D eigenvalue weighted by Gasteiger charge is -2.22. The first kappa shape index (κ1) is 21.3. The summed E-state index contributed by atoms with van der Waals surface area (Å²) >= 11 is 0. The third-order valence-electron chi connectivity index (χ3n) is 4.94. The summed E-state index contributed by atoms with van der Waals surface area (Å²) in [6.45, 7) is 2.71. The highest BCUT2D eigenvalue weighted by Crippen LogP contribution is 2.27. The van der Waals surface area contributed by atoms with Gasteiger partial charge >= 0.3 is 0 Å². The van der Waals surface area contributed by atoms with E-state index in [4.69, 9.17) is 4.74 Å². The van der Waals surface area contributed by atoms with E-state index < -0.39 is 0 Å². The van der Waals surface area contributed by atoms with Gasteiger partial charge in [0.1, 0.15) is 11.5 Å². The van der Waals surface area contributed by atoms with Crippen LogP contribution in [-0.2, 0) is 6.42 Å². The van der Waals surface area contributed by atoms with Crippen LogP contribution in [0.5, 0.6) is 11.5 Å². The number of benzene rings is 2. The van der Waals surface area contributed by atoms with Crippen LogP contribution in [0.1, 0.15) is 23.5 Å². The molecule has 2 aromatic carbocycles. The van der Waals surface area contributed by atoms with E-state index in [2.05, 4.69) is 45.5 Å². The average Bonchev–Trinajstić information content (AvgIpc) is 3.17. The van der Waals surface area contributed by atoms with Gasteiger partial charge in [0.2, 0.25) is 0 Å². The number of aliphatic imine (C=N–C) groups is 1. The molecule has 0 aliphatic carbocycles. The summed E-state index contributed by atoms with van der Waals surface area (Å²) in [4.78, 5) is 6.74. The molecule has 0 spiro atoms. The van der Waals surface area contributed by atoms with Crippen molar-refractivity contribution < 1.29 is 9.84 Å². The van der Waals surface area contributed by atoms with Gasteiger partial charge < -0.3 is 20.1 Å². The van der Waals surface area contributed by atoms with Crippen LogP contribution in [-0.4, -0.2) is 49.8 Å². The van der Waals surface area contributed by atoms with Crippen molar-refractivity contribution in [2.45, 2.75) is 18.8 Å². The number of phenolic OH excluding ortho intramolecular Hbond substituents is 1. The molecule has 2 N–H and O–H groups in total. The van der Waals surface area contributed by atoms with Gasteiger partial charge in [-0.15, -0.1) is 24.0 Å². The summed E-state index contributed by atoms with van der Waals surface area (Å²) in [6.07, 6.45) is 1.87. The summed E-state index contributed by atoms with van der Waals surface area (Å²) in [5, 5.41) is 13.5. The number of guanidine groups is 1. The van der Waals surface area contributed by atoms with Gasteiger partial charge in [-0.25, -0.2) is 0 Å². The molecule has 0 aromatic heterocycles. The fourth-order valence-corrected chi connectivity index (χ4v) is 3.47. The van der Waals surface area contributed by atoms with Gasteiger partial charge in [0, 0.05) is 38.7 Å². The van der Waals surface area contributed by atoms with Crippen LogP contribution in [0.15, 0.2) is 53.5 Å². The third-order valence-corrected chi connectivity index (χ3v) is 4.94. The van der Waals surface area contributed by atoms with Crippen LogP contribution in [0.2, 0.25) is 0 Å². The first-order chi connectivity index (χ1) is 12.7. The zero-order chi connectivity index (χ0) is 18.4. The van der Waals surface area contributed by atoms with E-state index >= 15 is 0 Å². The zero-order valence-electron chi connectivity index (χ0n) is 15.9. The van der Waals surface area contributed by atoms with Crippen LogP contribution in [0, 0.1) is 0 Å². The molecule has 1 unspecified atom stereocenters. The summed E-state index contributed by atoms with van der Waals surface area (Å²) in [5.74, 6) is 2.42. The second-order valence-electron chi connectivity index (χ2n) is 6.56. The summed E-state index contributed by atoms with van der Waals surface area (Å²) in [5.41, 5.74) is 2.30. The molecule has 3 rings (SSSR count). The molecular formula is C21H28IN3O2. The topological polar surface area (TPSA) is 57.1 Å². The van der Waals surface area contributed by atoms with Crippen molar-refractivity contribution >= 4 is 29.9 Å². The van der Waals surface area contributed by atoms with Gasteiger partial charge in [0.05, 0.1) is 7.11 Å². The monoisotopic (exact) mass is 481 g/mol. The van der Waals surface area contributed by atoms with Crippen LogP contribution >= 0.6 is 24.0 Å². The first-order valence-electron chi connectivity index (χ1n) is 9.07. The zero-order valence-corrected chi connectivity index (χ0v) is 18.2.